The number of H-pyrrole nitrogens is 1. The number of aryl methyl sites for hydroxylation is 1. The first-order valence-corrected chi connectivity index (χ1v) is 7.44. The van der Waals surface area contributed by atoms with E-state index in [9.17, 15) is 9.59 Å². The molecule has 0 spiro atoms. The van der Waals surface area contributed by atoms with Gasteiger partial charge in [-0.1, -0.05) is 25.1 Å². The van der Waals surface area contributed by atoms with Crippen LogP contribution >= 0.6 is 0 Å². The Bertz CT molecular complexity index is 753. The van der Waals surface area contributed by atoms with E-state index < -0.39 is 5.97 Å². The SMILES string of the molecule is Cc1ccc(CC(=O)C2(C)CC2)cc1-c1c[nH]c(C(=O)O)c1. The fraction of sp³-hybridized carbons (Fsp3) is 0.333. The Morgan fingerprint density at radius 3 is 2.59 bits per heavy atom. The molecule has 1 aromatic heterocycles. The van der Waals surface area contributed by atoms with Gasteiger partial charge in [0.25, 0.3) is 0 Å². The third-order valence-electron chi connectivity index (χ3n) is 4.56. The van der Waals surface area contributed by atoms with Crippen LogP contribution in [-0.4, -0.2) is 21.8 Å². The first-order valence-electron chi connectivity index (χ1n) is 7.44. The Kier molecular flexibility index (Phi) is 3.39. The Hall–Kier alpha value is -2.36. The summed E-state index contributed by atoms with van der Waals surface area (Å²) in [4.78, 5) is 26.0. The molecule has 4 nitrogen and oxygen atoms in total. The molecule has 0 aliphatic heterocycles. The van der Waals surface area contributed by atoms with Gasteiger partial charge in [0.1, 0.15) is 11.5 Å². The molecule has 1 fully saturated rings. The minimum atomic E-state index is -0.975. The van der Waals surface area contributed by atoms with Crippen LogP contribution in [-0.2, 0) is 11.2 Å². The highest BCUT2D eigenvalue weighted by molar-refractivity contribution is 5.90. The number of rotatable bonds is 5. The van der Waals surface area contributed by atoms with Gasteiger partial charge in [-0.25, -0.2) is 4.79 Å². The number of Topliss-reactive ketones (excluding diaryl/α,β-unsaturated/α-hetero) is 1. The highest BCUT2D eigenvalue weighted by Crippen LogP contribution is 2.46. The van der Waals surface area contributed by atoms with Gasteiger partial charge in [-0.05, 0) is 42.5 Å². The molecular weight excluding hydrogens is 278 g/mol. The molecule has 1 aromatic carbocycles. The first-order chi connectivity index (χ1) is 10.4. The van der Waals surface area contributed by atoms with Crippen LogP contribution in [0.1, 0.15) is 41.4 Å². The monoisotopic (exact) mass is 297 g/mol. The highest BCUT2D eigenvalue weighted by atomic mass is 16.4. The van der Waals surface area contributed by atoms with Gasteiger partial charge in [0.2, 0.25) is 0 Å². The van der Waals surface area contributed by atoms with E-state index in [0.29, 0.717) is 12.2 Å². The minimum absolute atomic E-state index is 0.115. The Morgan fingerprint density at radius 1 is 1.27 bits per heavy atom. The molecule has 1 saturated carbocycles. The number of aromatic nitrogens is 1. The molecule has 0 bridgehead atoms. The zero-order chi connectivity index (χ0) is 15.9. The molecular formula is C18H19NO3. The molecule has 1 heterocycles. The van der Waals surface area contributed by atoms with Crippen LogP contribution in [0.15, 0.2) is 30.5 Å². The molecule has 2 N–H and O–H groups in total. The predicted molar refractivity (Wildman–Crippen MR) is 84.0 cm³/mol. The maximum Gasteiger partial charge on any atom is 0.352 e. The van der Waals surface area contributed by atoms with Gasteiger partial charge in [-0.2, -0.15) is 0 Å². The zero-order valence-electron chi connectivity index (χ0n) is 12.8. The van der Waals surface area contributed by atoms with Crippen LogP contribution in [0.3, 0.4) is 0 Å². The van der Waals surface area contributed by atoms with Crippen molar-refractivity contribution in [2.45, 2.75) is 33.1 Å². The lowest BCUT2D eigenvalue weighted by atomic mass is 9.93. The number of benzene rings is 1. The van der Waals surface area contributed by atoms with Gasteiger partial charge in [-0.3, -0.25) is 4.79 Å². The van der Waals surface area contributed by atoms with Crippen molar-refractivity contribution in [1.29, 1.82) is 0 Å². The van der Waals surface area contributed by atoms with Crippen LogP contribution in [0, 0.1) is 12.3 Å². The molecule has 0 unspecified atom stereocenters. The lowest BCUT2D eigenvalue weighted by molar-refractivity contribution is -0.122. The average Bonchev–Trinajstić information content (AvgIpc) is 3.03. The lowest BCUT2D eigenvalue weighted by Gasteiger charge is -2.10. The quantitative estimate of drug-likeness (QED) is 0.885. The molecule has 1 aliphatic rings. The normalized spacial score (nSPS) is 15.5. The molecule has 3 rings (SSSR count). The average molecular weight is 297 g/mol. The molecule has 4 heteroatoms. The number of carbonyl (C=O) groups is 2. The summed E-state index contributed by atoms with van der Waals surface area (Å²) < 4.78 is 0. The van der Waals surface area contributed by atoms with Crippen LogP contribution < -0.4 is 0 Å². The summed E-state index contributed by atoms with van der Waals surface area (Å²) in [5.41, 5.74) is 3.90. The lowest BCUT2D eigenvalue weighted by Crippen LogP contribution is -2.14. The van der Waals surface area contributed by atoms with E-state index in [0.717, 1.165) is 35.1 Å². The molecule has 1 aliphatic carbocycles. The second-order valence-corrected chi connectivity index (χ2v) is 6.42. The number of hydrogen-bond acceptors (Lipinski definition) is 2. The number of carboxylic acids is 1. The van der Waals surface area contributed by atoms with Crippen molar-refractivity contribution < 1.29 is 14.7 Å². The van der Waals surface area contributed by atoms with E-state index in [4.69, 9.17) is 5.11 Å². The summed E-state index contributed by atoms with van der Waals surface area (Å²) in [7, 11) is 0. The van der Waals surface area contributed by atoms with Crippen molar-refractivity contribution >= 4 is 11.8 Å². The minimum Gasteiger partial charge on any atom is -0.477 e. The highest BCUT2D eigenvalue weighted by Gasteiger charge is 2.43. The Balaban J connectivity index is 1.89. The molecule has 0 atom stereocenters. The van der Waals surface area contributed by atoms with Gasteiger partial charge in [-0.15, -0.1) is 0 Å². The summed E-state index contributed by atoms with van der Waals surface area (Å²) in [5.74, 6) is -0.681. The van der Waals surface area contributed by atoms with Crippen molar-refractivity contribution in [1.82, 2.24) is 4.98 Å². The third kappa shape index (κ3) is 2.69. The topological polar surface area (TPSA) is 70.2 Å². The number of hydrogen-bond donors (Lipinski definition) is 2. The largest absolute Gasteiger partial charge is 0.477 e. The maximum atomic E-state index is 12.2. The summed E-state index contributed by atoms with van der Waals surface area (Å²) in [5, 5.41) is 9.01. The number of nitrogens with one attached hydrogen (secondary N) is 1. The number of carboxylic acid groups (broad SMARTS) is 1. The first kappa shape index (κ1) is 14.6. The van der Waals surface area contributed by atoms with Gasteiger partial charge in [0.15, 0.2) is 0 Å². The second-order valence-electron chi connectivity index (χ2n) is 6.42. The van der Waals surface area contributed by atoms with Crippen molar-refractivity contribution in [2.24, 2.45) is 5.41 Å². The van der Waals surface area contributed by atoms with Crippen LogP contribution in [0.4, 0.5) is 0 Å². The number of aromatic carboxylic acids is 1. The van der Waals surface area contributed by atoms with Crippen molar-refractivity contribution in [3.8, 4) is 11.1 Å². The van der Waals surface area contributed by atoms with Gasteiger partial charge < -0.3 is 10.1 Å². The molecule has 0 saturated heterocycles. The van der Waals surface area contributed by atoms with Crippen LogP contribution in [0.2, 0.25) is 0 Å². The second kappa shape index (κ2) is 5.13. The summed E-state index contributed by atoms with van der Waals surface area (Å²) in [6, 6.07) is 7.58. The van der Waals surface area contributed by atoms with Crippen LogP contribution in [0.25, 0.3) is 11.1 Å². The van der Waals surface area contributed by atoms with Crippen molar-refractivity contribution in [3.05, 3.63) is 47.3 Å². The third-order valence-corrected chi connectivity index (χ3v) is 4.56. The van der Waals surface area contributed by atoms with E-state index in [-0.39, 0.29) is 11.1 Å². The van der Waals surface area contributed by atoms with Gasteiger partial charge in [0, 0.05) is 23.6 Å². The molecule has 22 heavy (non-hydrogen) atoms. The zero-order valence-corrected chi connectivity index (χ0v) is 12.8. The summed E-state index contributed by atoms with van der Waals surface area (Å²) in [6.07, 6.45) is 4.12. The Labute approximate surface area is 129 Å². The van der Waals surface area contributed by atoms with Crippen molar-refractivity contribution in [3.63, 3.8) is 0 Å². The van der Waals surface area contributed by atoms with E-state index >= 15 is 0 Å². The predicted octanol–water partition coefficient (Wildman–Crippen LogP) is 3.60. The molecule has 114 valence electrons. The maximum absolute atomic E-state index is 12.2. The summed E-state index contributed by atoms with van der Waals surface area (Å²) >= 11 is 0. The fourth-order valence-corrected chi connectivity index (χ4v) is 2.63. The fourth-order valence-electron chi connectivity index (χ4n) is 2.63. The van der Waals surface area contributed by atoms with E-state index in [1.54, 1.807) is 12.3 Å². The smallest absolute Gasteiger partial charge is 0.352 e. The Morgan fingerprint density at radius 2 is 2.00 bits per heavy atom. The van der Waals surface area contributed by atoms with Crippen molar-refractivity contribution in [2.75, 3.05) is 0 Å². The van der Waals surface area contributed by atoms with E-state index in [1.165, 1.54) is 0 Å². The molecule has 0 amide bonds. The standard InChI is InChI=1S/C18H19NO3/c1-11-3-4-12(8-16(20)18(2)5-6-18)7-14(11)13-9-15(17(21)22)19-10-13/h3-4,7,9-10,19H,5-6,8H2,1-2H3,(H,21,22). The number of ketones is 1. The molecule has 0 radical (unpaired) electrons. The summed E-state index contributed by atoms with van der Waals surface area (Å²) in [6.45, 7) is 4.01. The van der Waals surface area contributed by atoms with Gasteiger partial charge >= 0.3 is 5.97 Å². The molecule has 2 aromatic rings. The number of carbonyl (C=O) groups excluding carboxylic acids is 1. The van der Waals surface area contributed by atoms with E-state index in [2.05, 4.69) is 4.98 Å². The van der Waals surface area contributed by atoms with Crippen LogP contribution in [0.5, 0.6) is 0 Å². The number of aromatic amines is 1. The van der Waals surface area contributed by atoms with Gasteiger partial charge in [0.05, 0.1) is 0 Å². The van der Waals surface area contributed by atoms with E-state index in [1.807, 2.05) is 32.0 Å².